The van der Waals surface area contributed by atoms with Crippen molar-refractivity contribution in [3.8, 4) is 0 Å². The maximum absolute atomic E-state index is 11.5. The molecule has 102 valence electrons. The van der Waals surface area contributed by atoms with Gasteiger partial charge in [-0.1, -0.05) is 15.9 Å². The van der Waals surface area contributed by atoms with Gasteiger partial charge in [0.05, 0.1) is 18.7 Å². The molecule has 0 aromatic heterocycles. The van der Waals surface area contributed by atoms with Gasteiger partial charge in [0.1, 0.15) is 0 Å². The molecule has 19 heavy (non-hydrogen) atoms. The van der Waals surface area contributed by atoms with Crippen molar-refractivity contribution in [2.24, 2.45) is 5.73 Å². The Bertz CT molecular complexity index is 520. The van der Waals surface area contributed by atoms with Gasteiger partial charge in [0.25, 0.3) is 5.91 Å². The summed E-state index contributed by atoms with van der Waals surface area (Å²) in [6.07, 6.45) is -0.891. The Kier molecular flexibility index (Phi) is 4.06. The molecule has 1 fully saturated rings. The number of hydrogen-bond donors (Lipinski definition) is 2. The molecule has 1 unspecified atom stereocenters. The zero-order valence-electron chi connectivity index (χ0n) is 10.0. The average Bonchev–Trinajstić information content (AvgIpc) is 2.38. The highest BCUT2D eigenvalue weighted by atomic mass is 79.9. The van der Waals surface area contributed by atoms with Crippen LogP contribution in [0.15, 0.2) is 22.7 Å². The lowest BCUT2D eigenvalue weighted by Crippen LogP contribution is -2.46. The van der Waals surface area contributed by atoms with Gasteiger partial charge in [-0.2, -0.15) is 0 Å². The number of rotatable bonds is 3. The van der Waals surface area contributed by atoms with E-state index in [1.54, 1.807) is 23.1 Å². The normalized spacial score (nSPS) is 19.2. The minimum absolute atomic E-state index is 0.192. The first-order valence-electron chi connectivity index (χ1n) is 5.67. The van der Waals surface area contributed by atoms with Gasteiger partial charge in [-0.3, -0.25) is 4.79 Å². The predicted octanol–water partition coefficient (Wildman–Crippen LogP) is 0.838. The van der Waals surface area contributed by atoms with E-state index in [9.17, 15) is 9.59 Å². The number of benzene rings is 1. The van der Waals surface area contributed by atoms with Crippen LogP contribution >= 0.6 is 15.9 Å². The fourth-order valence-electron chi connectivity index (χ4n) is 2.00. The second-order valence-corrected chi connectivity index (χ2v) is 5.09. The predicted molar refractivity (Wildman–Crippen MR) is 72.2 cm³/mol. The Hall–Kier alpha value is -1.60. The lowest BCUT2D eigenvalue weighted by molar-refractivity contribution is -0.150. The fourth-order valence-corrected chi connectivity index (χ4v) is 2.36. The first kappa shape index (κ1) is 13.8. The summed E-state index contributed by atoms with van der Waals surface area (Å²) in [7, 11) is 0. The zero-order chi connectivity index (χ0) is 14.0. The number of amides is 1. The number of morpholine rings is 1. The van der Waals surface area contributed by atoms with Gasteiger partial charge in [0, 0.05) is 16.7 Å². The molecule has 3 N–H and O–H groups in total. The van der Waals surface area contributed by atoms with E-state index in [1.165, 1.54) is 0 Å². The SMILES string of the molecule is NC(=O)c1cc(Br)ccc1N1CCOC(C(=O)O)C1. The molecule has 2 rings (SSSR count). The topological polar surface area (TPSA) is 92.9 Å². The van der Waals surface area contributed by atoms with Gasteiger partial charge in [-0.15, -0.1) is 0 Å². The summed E-state index contributed by atoms with van der Waals surface area (Å²) < 4.78 is 5.89. The van der Waals surface area contributed by atoms with Crippen LogP contribution in [-0.2, 0) is 9.53 Å². The number of carboxylic acids is 1. The number of halogens is 1. The van der Waals surface area contributed by atoms with Crippen molar-refractivity contribution in [1.29, 1.82) is 0 Å². The van der Waals surface area contributed by atoms with E-state index < -0.39 is 18.0 Å². The second-order valence-electron chi connectivity index (χ2n) is 4.17. The van der Waals surface area contributed by atoms with Crippen LogP contribution in [0.5, 0.6) is 0 Å². The number of hydrogen-bond acceptors (Lipinski definition) is 4. The average molecular weight is 329 g/mol. The molecule has 1 amide bonds. The number of carbonyl (C=O) groups excluding carboxylic acids is 1. The highest BCUT2D eigenvalue weighted by Gasteiger charge is 2.28. The zero-order valence-corrected chi connectivity index (χ0v) is 11.6. The molecule has 1 aliphatic heterocycles. The van der Waals surface area contributed by atoms with E-state index in [2.05, 4.69) is 15.9 Å². The van der Waals surface area contributed by atoms with Crippen molar-refractivity contribution < 1.29 is 19.4 Å². The van der Waals surface area contributed by atoms with E-state index in [4.69, 9.17) is 15.6 Å². The molecule has 0 saturated carbocycles. The summed E-state index contributed by atoms with van der Waals surface area (Å²) in [5, 5.41) is 8.97. The van der Waals surface area contributed by atoms with Crippen molar-refractivity contribution in [3.63, 3.8) is 0 Å². The summed E-state index contributed by atoms with van der Waals surface area (Å²) >= 11 is 3.28. The number of nitrogens with zero attached hydrogens (tertiary/aromatic N) is 1. The van der Waals surface area contributed by atoms with Crippen LogP contribution in [0.4, 0.5) is 5.69 Å². The lowest BCUT2D eigenvalue weighted by atomic mass is 10.1. The number of ether oxygens (including phenoxy) is 1. The van der Waals surface area contributed by atoms with Crippen LogP contribution in [0.3, 0.4) is 0 Å². The Morgan fingerprint density at radius 2 is 2.21 bits per heavy atom. The minimum Gasteiger partial charge on any atom is -0.479 e. The number of carboxylic acid groups (broad SMARTS) is 1. The molecule has 7 heteroatoms. The molecule has 1 saturated heterocycles. The molecule has 1 aromatic carbocycles. The van der Waals surface area contributed by atoms with Crippen LogP contribution in [0.2, 0.25) is 0 Å². The maximum atomic E-state index is 11.5. The summed E-state index contributed by atoms with van der Waals surface area (Å²) in [6, 6.07) is 5.16. The molecular formula is C12H13BrN2O4. The smallest absolute Gasteiger partial charge is 0.334 e. The number of anilines is 1. The van der Waals surface area contributed by atoms with Crippen molar-refractivity contribution in [2.75, 3.05) is 24.6 Å². The van der Waals surface area contributed by atoms with E-state index >= 15 is 0 Å². The second kappa shape index (κ2) is 5.58. The third kappa shape index (κ3) is 3.05. The highest BCUT2D eigenvalue weighted by molar-refractivity contribution is 9.10. The largest absolute Gasteiger partial charge is 0.479 e. The fraction of sp³-hybridized carbons (Fsp3) is 0.333. The van der Waals surface area contributed by atoms with E-state index in [0.717, 1.165) is 4.47 Å². The molecule has 1 heterocycles. The van der Waals surface area contributed by atoms with Crippen LogP contribution in [0.1, 0.15) is 10.4 Å². The monoisotopic (exact) mass is 328 g/mol. The first-order valence-corrected chi connectivity index (χ1v) is 6.47. The van der Waals surface area contributed by atoms with Crippen LogP contribution in [-0.4, -0.2) is 42.8 Å². The highest BCUT2D eigenvalue weighted by Crippen LogP contribution is 2.26. The van der Waals surface area contributed by atoms with Crippen LogP contribution in [0, 0.1) is 0 Å². The standard InChI is InChI=1S/C12H13BrN2O4/c13-7-1-2-9(8(5-7)11(14)16)15-3-4-19-10(6-15)12(17)18/h1-2,5,10H,3-4,6H2,(H2,14,16)(H,17,18). The Morgan fingerprint density at radius 3 is 2.84 bits per heavy atom. The molecule has 0 radical (unpaired) electrons. The van der Waals surface area contributed by atoms with Gasteiger partial charge >= 0.3 is 5.97 Å². The Balaban J connectivity index is 2.30. The quantitative estimate of drug-likeness (QED) is 0.857. The Morgan fingerprint density at radius 1 is 1.47 bits per heavy atom. The lowest BCUT2D eigenvalue weighted by Gasteiger charge is -2.33. The van der Waals surface area contributed by atoms with Crippen LogP contribution < -0.4 is 10.6 Å². The number of primary amides is 1. The number of nitrogens with two attached hydrogens (primary N) is 1. The molecule has 6 nitrogen and oxygen atoms in total. The molecule has 1 aliphatic rings. The van der Waals surface area contributed by atoms with Crippen molar-refractivity contribution >= 4 is 33.5 Å². The van der Waals surface area contributed by atoms with Crippen molar-refractivity contribution in [3.05, 3.63) is 28.2 Å². The van der Waals surface area contributed by atoms with Gasteiger partial charge in [-0.25, -0.2) is 4.79 Å². The number of carbonyl (C=O) groups is 2. The first-order chi connectivity index (χ1) is 8.99. The molecule has 0 aliphatic carbocycles. The number of aliphatic carboxylic acids is 1. The summed E-state index contributed by atoms with van der Waals surface area (Å²) in [5.74, 6) is -1.56. The van der Waals surface area contributed by atoms with Crippen molar-refractivity contribution in [2.45, 2.75) is 6.10 Å². The van der Waals surface area contributed by atoms with Crippen LogP contribution in [0.25, 0.3) is 0 Å². The summed E-state index contributed by atoms with van der Waals surface area (Å²) in [5.41, 5.74) is 6.34. The molecule has 1 aromatic rings. The molecule has 0 spiro atoms. The molecular weight excluding hydrogens is 316 g/mol. The maximum Gasteiger partial charge on any atom is 0.334 e. The minimum atomic E-state index is -1.01. The molecule has 0 bridgehead atoms. The van der Waals surface area contributed by atoms with Gasteiger partial charge in [0.2, 0.25) is 0 Å². The van der Waals surface area contributed by atoms with E-state index in [-0.39, 0.29) is 6.54 Å². The van der Waals surface area contributed by atoms with Gasteiger partial charge in [0.15, 0.2) is 6.10 Å². The third-order valence-corrected chi connectivity index (χ3v) is 3.40. The Labute approximate surface area is 118 Å². The van der Waals surface area contributed by atoms with Crippen molar-refractivity contribution in [1.82, 2.24) is 0 Å². The third-order valence-electron chi connectivity index (χ3n) is 2.91. The van der Waals surface area contributed by atoms with Gasteiger partial charge < -0.3 is 20.5 Å². The van der Waals surface area contributed by atoms with E-state index in [0.29, 0.717) is 24.4 Å². The summed E-state index contributed by atoms with van der Waals surface area (Å²) in [6.45, 7) is 1.01. The summed E-state index contributed by atoms with van der Waals surface area (Å²) in [4.78, 5) is 24.2. The van der Waals surface area contributed by atoms with Gasteiger partial charge in [-0.05, 0) is 18.2 Å². The molecule has 1 atom stereocenters. The van der Waals surface area contributed by atoms with E-state index in [1.807, 2.05) is 0 Å².